The Morgan fingerprint density at radius 1 is 1.44 bits per heavy atom. The number of phenols is 1. The Bertz CT molecular complexity index is 467. The predicted octanol–water partition coefficient (Wildman–Crippen LogP) is 3.23. The number of benzene rings is 1. The lowest BCUT2D eigenvalue weighted by Gasteiger charge is -2.22. The first-order valence-electron chi connectivity index (χ1n) is 5.88. The van der Waals surface area contributed by atoms with E-state index in [0.717, 1.165) is 17.2 Å². The van der Waals surface area contributed by atoms with E-state index < -0.39 is 5.97 Å². The van der Waals surface area contributed by atoms with Crippen molar-refractivity contribution in [2.75, 3.05) is 0 Å². The molecule has 1 aromatic rings. The summed E-state index contributed by atoms with van der Waals surface area (Å²) in [5, 5.41) is 10.2. The molecule has 0 spiro atoms. The fraction of sp³-hybridized carbons (Fsp3) is 0.400. The second kappa shape index (κ2) is 5.25. The molecule has 0 aliphatic heterocycles. The van der Waals surface area contributed by atoms with Gasteiger partial charge in [-0.25, -0.2) is 4.79 Å². The Morgan fingerprint density at radius 2 is 2.06 bits per heavy atom. The van der Waals surface area contributed by atoms with Gasteiger partial charge in [0, 0.05) is 11.6 Å². The van der Waals surface area contributed by atoms with Gasteiger partial charge in [0.25, 0.3) is 0 Å². The van der Waals surface area contributed by atoms with Crippen molar-refractivity contribution in [3.63, 3.8) is 0 Å². The molecular formula is C15H20O3. The van der Waals surface area contributed by atoms with Crippen LogP contribution in [0.25, 0.3) is 0 Å². The van der Waals surface area contributed by atoms with Crippen LogP contribution in [0.3, 0.4) is 0 Å². The number of hydrogen-bond acceptors (Lipinski definition) is 3. The third-order valence-corrected chi connectivity index (χ3v) is 2.68. The Labute approximate surface area is 108 Å². The first-order valence-corrected chi connectivity index (χ1v) is 5.88. The molecule has 1 aromatic carbocycles. The molecule has 18 heavy (non-hydrogen) atoms. The van der Waals surface area contributed by atoms with Crippen LogP contribution in [-0.2, 0) is 21.6 Å². The van der Waals surface area contributed by atoms with E-state index in [9.17, 15) is 9.90 Å². The number of aryl methyl sites for hydroxylation is 1. The van der Waals surface area contributed by atoms with Gasteiger partial charge in [-0.3, -0.25) is 0 Å². The van der Waals surface area contributed by atoms with Gasteiger partial charge in [0.15, 0.2) is 0 Å². The van der Waals surface area contributed by atoms with Crippen LogP contribution < -0.4 is 0 Å². The van der Waals surface area contributed by atoms with E-state index in [1.54, 1.807) is 0 Å². The molecule has 0 aliphatic rings. The molecule has 3 heteroatoms. The summed E-state index contributed by atoms with van der Waals surface area (Å²) in [4.78, 5) is 11.0. The molecule has 0 fully saturated rings. The third kappa shape index (κ3) is 3.36. The Kier molecular flexibility index (Phi) is 4.17. The molecule has 0 amide bonds. The Hall–Kier alpha value is -1.77. The number of ether oxygens (including phenoxy) is 1. The number of carbonyl (C=O) groups excluding carboxylic acids is 1. The number of esters is 1. The molecule has 1 N–H and O–H groups in total. The van der Waals surface area contributed by atoms with Gasteiger partial charge < -0.3 is 9.84 Å². The summed E-state index contributed by atoms with van der Waals surface area (Å²) < 4.78 is 4.96. The minimum absolute atomic E-state index is 0.0570. The van der Waals surface area contributed by atoms with Gasteiger partial charge in [-0.1, -0.05) is 39.0 Å². The van der Waals surface area contributed by atoms with E-state index in [1.807, 2.05) is 39.8 Å². The number of rotatable bonds is 3. The molecule has 0 radical (unpaired) electrons. The van der Waals surface area contributed by atoms with Crippen LogP contribution >= 0.6 is 0 Å². The summed E-state index contributed by atoms with van der Waals surface area (Å²) in [6.45, 7) is 11.4. The van der Waals surface area contributed by atoms with Gasteiger partial charge >= 0.3 is 5.97 Å². The number of phenolic OH excluding ortho intramolecular Hbond substituents is 1. The Balaban J connectivity index is 3.09. The lowest BCUT2D eigenvalue weighted by molar-refractivity contribution is -0.139. The monoisotopic (exact) mass is 248 g/mol. The van der Waals surface area contributed by atoms with Crippen LogP contribution in [0.2, 0.25) is 0 Å². The lowest BCUT2D eigenvalue weighted by Crippen LogP contribution is -2.13. The zero-order chi connectivity index (χ0) is 13.9. The van der Waals surface area contributed by atoms with Gasteiger partial charge in [0.1, 0.15) is 12.4 Å². The van der Waals surface area contributed by atoms with Crippen molar-refractivity contribution in [3.05, 3.63) is 41.5 Å². The minimum atomic E-state index is -0.492. The van der Waals surface area contributed by atoms with Crippen molar-refractivity contribution in [3.8, 4) is 5.75 Å². The van der Waals surface area contributed by atoms with Crippen molar-refractivity contribution in [1.82, 2.24) is 0 Å². The molecule has 0 saturated heterocycles. The highest BCUT2D eigenvalue weighted by molar-refractivity contribution is 5.81. The summed E-state index contributed by atoms with van der Waals surface area (Å²) in [5.74, 6) is -0.293. The molecule has 0 unspecified atom stereocenters. The summed E-state index contributed by atoms with van der Waals surface area (Å²) in [7, 11) is 0. The minimum Gasteiger partial charge on any atom is -0.507 e. The first-order chi connectivity index (χ1) is 8.25. The number of hydrogen-bond donors (Lipinski definition) is 1. The summed E-state index contributed by atoms with van der Waals surface area (Å²) in [6, 6.07) is 3.77. The lowest BCUT2D eigenvalue weighted by atomic mass is 9.84. The Morgan fingerprint density at radius 3 is 2.56 bits per heavy atom. The van der Waals surface area contributed by atoms with Crippen molar-refractivity contribution >= 4 is 5.97 Å². The molecule has 0 aromatic heterocycles. The molecule has 98 valence electrons. The van der Waals surface area contributed by atoms with Gasteiger partial charge in [-0.05, 0) is 24.0 Å². The number of aromatic hydroxyl groups is 1. The second-order valence-corrected chi connectivity index (χ2v) is 5.38. The van der Waals surface area contributed by atoms with E-state index in [-0.39, 0.29) is 17.8 Å². The molecule has 3 nitrogen and oxygen atoms in total. The molecule has 0 saturated carbocycles. The van der Waals surface area contributed by atoms with E-state index in [4.69, 9.17) is 4.74 Å². The fourth-order valence-electron chi connectivity index (χ4n) is 1.74. The predicted molar refractivity (Wildman–Crippen MR) is 71.5 cm³/mol. The maximum absolute atomic E-state index is 11.0. The third-order valence-electron chi connectivity index (χ3n) is 2.68. The van der Waals surface area contributed by atoms with Crippen molar-refractivity contribution < 1.29 is 14.6 Å². The van der Waals surface area contributed by atoms with Crippen molar-refractivity contribution in [2.45, 2.75) is 39.7 Å². The molecular weight excluding hydrogens is 228 g/mol. The summed E-state index contributed by atoms with van der Waals surface area (Å²) >= 11 is 0. The largest absolute Gasteiger partial charge is 0.507 e. The number of carbonyl (C=O) groups is 1. The van der Waals surface area contributed by atoms with E-state index in [2.05, 4.69) is 6.58 Å². The standard InChI is InChI=1S/C15H20O3/c1-6-13(16)18-9-11-7-10(2)8-12(14(11)17)15(3,4)5/h6-8,17H,1,9H2,2-5H3. The van der Waals surface area contributed by atoms with Crippen LogP contribution in [0.4, 0.5) is 0 Å². The fourth-order valence-corrected chi connectivity index (χ4v) is 1.74. The smallest absolute Gasteiger partial charge is 0.330 e. The first kappa shape index (κ1) is 14.3. The summed E-state index contributed by atoms with van der Waals surface area (Å²) in [5.41, 5.74) is 2.34. The molecule has 0 heterocycles. The van der Waals surface area contributed by atoms with E-state index >= 15 is 0 Å². The van der Waals surface area contributed by atoms with Crippen LogP contribution in [0.1, 0.15) is 37.5 Å². The van der Waals surface area contributed by atoms with Crippen LogP contribution in [0, 0.1) is 6.92 Å². The zero-order valence-corrected chi connectivity index (χ0v) is 11.4. The molecule has 0 aliphatic carbocycles. The second-order valence-electron chi connectivity index (χ2n) is 5.38. The molecule has 0 atom stereocenters. The molecule has 0 bridgehead atoms. The van der Waals surface area contributed by atoms with Crippen LogP contribution in [-0.4, -0.2) is 11.1 Å². The maximum Gasteiger partial charge on any atom is 0.330 e. The highest BCUT2D eigenvalue weighted by Gasteiger charge is 2.21. The van der Waals surface area contributed by atoms with Crippen molar-refractivity contribution in [1.29, 1.82) is 0 Å². The maximum atomic E-state index is 11.0. The van der Waals surface area contributed by atoms with Gasteiger partial charge in [-0.15, -0.1) is 0 Å². The van der Waals surface area contributed by atoms with Gasteiger partial charge in [0.2, 0.25) is 0 Å². The average molecular weight is 248 g/mol. The zero-order valence-electron chi connectivity index (χ0n) is 11.4. The summed E-state index contributed by atoms with van der Waals surface area (Å²) in [6.07, 6.45) is 1.11. The quantitative estimate of drug-likeness (QED) is 0.660. The van der Waals surface area contributed by atoms with E-state index in [1.165, 1.54) is 0 Å². The topological polar surface area (TPSA) is 46.5 Å². The molecule has 1 rings (SSSR count). The average Bonchev–Trinajstić information content (AvgIpc) is 2.27. The highest BCUT2D eigenvalue weighted by Crippen LogP contribution is 2.34. The SMILES string of the molecule is C=CC(=O)OCc1cc(C)cc(C(C)(C)C)c1O. The highest BCUT2D eigenvalue weighted by atomic mass is 16.5. The van der Waals surface area contributed by atoms with Gasteiger partial charge in [0.05, 0.1) is 0 Å². The van der Waals surface area contributed by atoms with E-state index in [0.29, 0.717) is 5.56 Å². The van der Waals surface area contributed by atoms with Crippen LogP contribution in [0.15, 0.2) is 24.8 Å². The van der Waals surface area contributed by atoms with Gasteiger partial charge in [-0.2, -0.15) is 0 Å². The van der Waals surface area contributed by atoms with Crippen LogP contribution in [0.5, 0.6) is 5.75 Å². The van der Waals surface area contributed by atoms with Crippen molar-refractivity contribution in [2.24, 2.45) is 0 Å². The normalized spacial score (nSPS) is 11.1.